The number of benzene rings is 1. The minimum Gasteiger partial charge on any atom is -0.325 e. The second-order valence-corrected chi connectivity index (χ2v) is 5.56. The Balaban J connectivity index is 1.94. The number of hydrogen-bond donors (Lipinski definition) is 2. The van der Waals surface area contributed by atoms with Crippen LogP contribution in [-0.2, 0) is 4.79 Å². The number of ketones is 1. The van der Waals surface area contributed by atoms with Crippen LogP contribution in [0.25, 0.3) is 0 Å². The summed E-state index contributed by atoms with van der Waals surface area (Å²) in [6.45, 7) is 5.69. The van der Waals surface area contributed by atoms with Gasteiger partial charge in [0.1, 0.15) is 0 Å². The van der Waals surface area contributed by atoms with E-state index in [1.54, 1.807) is 24.3 Å². The maximum absolute atomic E-state index is 12.2. The van der Waals surface area contributed by atoms with Gasteiger partial charge in [0.2, 0.25) is 0 Å². The van der Waals surface area contributed by atoms with Gasteiger partial charge in [0.25, 0.3) is 5.91 Å². The lowest BCUT2D eigenvalue weighted by atomic mass is 10.1. The highest BCUT2D eigenvalue weighted by Gasteiger charge is 2.26. The van der Waals surface area contributed by atoms with Crippen LogP contribution >= 0.6 is 0 Å². The average molecular weight is 275 g/mol. The van der Waals surface area contributed by atoms with E-state index in [4.69, 9.17) is 0 Å². The predicted octanol–water partition coefficient (Wildman–Crippen LogP) is 1.28. The summed E-state index contributed by atoms with van der Waals surface area (Å²) in [5.74, 6) is 0.0893. The fourth-order valence-electron chi connectivity index (χ4n) is 2.66. The molecule has 1 amide bonds. The summed E-state index contributed by atoms with van der Waals surface area (Å²) < 4.78 is 0. The number of nitrogens with one attached hydrogen (secondary N) is 2. The summed E-state index contributed by atoms with van der Waals surface area (Å²) in [4.78, 5) is 24.8. The lowest BCUT2D eigenvalue weighted by molar-refractivity contribution is -0.918. The summed E-state index contributed by atoms with van der Waals surface area (Å²) in [5.41, 5.74) is 1.42. The minimum atomic E-state index is -0.0252. The Morgan fingerprint density at radius 1 is 1.10 bits per heavy atom. The zero-order valence-electron chi connectivity index (χ0n) is 12.2. The highest BCUT2D eigenvalue weighted by Crippen LogP contribution is 2.10. The molecule has 108 valence electrons. The van der Waals surface area contributed by atoms with Crippen LogP contribution in [0.5, 0.6) is 0 Å². The van der Waals surface area contributed by atoms with Crippen molar-refractivity contribution in [1.29, 1.82) is 0 Å². The third kappa shape index (κ3) is 3.67. The van der Waals surface area contributed by atoms with E-state index in [1.807, 2.05) is 6.92 Å². The van der Waals surface area contributed by atoms with E-state index in [-0.39, 0.29) is 17.7 Å². The van der Waals surface area contributed by atoms with Crippen molar-refractivity contribution in [2.24, 2.45) is 0 Å². The van der Waals surface area contributed by atoms with E-state index < -0.39 is 0 Å². The highest BCUT2D eigenvalue weighted by atomic mass is 16.2. The third-order valence-electron chi connectivity index (χ3n) is 4.06. The molecular weight excluding hydrogens is 252 g/mol. The van der Waals surface area contributed by atoms with Crippen molar-refractivity contribution in [3.63, 3.8) is 0 Å². The molecule has 1 aliphatic rings. The number of carbonyl (C=O) groups is 2. The molecule has 0 aromatic heterocycles. The molecule has 0 bridgehead atoms. The van der Waals surface area contributed by atoms with Crippen LogP contribution in [0.4, 0.5) is 5.69 Å². The van der Waals surface area contributed by atoms with Crippen LogP contribution in [0, 0.1) is 0 Å². The largest absolute Gasteiger partial charge is 0.325 e. The van der Waals surface area contributed by atoms with Crippen LogP contribution in [-0.4, -0.2) is 30.8 Å². The number of hydrogen-bond acceptors (Lipinski definition) is 2. The second kappa shape index (κ2) is 6.66. The fourth-order valence-corrected chi connectivity index (χ4v) is 2.66. The summed E-state index contributed by atoms with van der Waals surface area (Å²) >= 11 is 0. The number of amides is 1. The van der Waals surface area contributed by atoms with E-state index in [0.717, 1.165) is 18.8 Å². The van der Waals surface area contributed by atoms with Gasteiger partial charge in [-0.3, -0.25) is 9.59 Å². The smallest absolute Gasteiger partial charge is 0.282 e. The van der Waals surface area contributed by atoms with Crippen molar-refractivity contribution in [1.82, 2.24) is 0 Å². The molecule has 0 aliphatic carbocycles. The standard InChI is InChI=1S/C16H22N2O2/c1-12(18-10-4-3-5-11-18)16(20)17-15-8-6-14(7-9-15)13(2)19/h6-9,12H,3-5,10-11H2,1-2H3,(H,17,20)/p+1/t12-/m0/s1. The van der Waals surface area contributed by atoms with Gasteiger partial charge >= 0.3 is 0 Å². The van der Waals surface area contributed by atoms with Gasteiger partial charge in [-0.25, -0.2) is 0 Å². The Hall–Kier alpha value is -1.68. The maximum Gasteiger partial charge on any atom is 0.282 e. The molecule has 2 rings (SSSR count). The van der Waals surface area contributed by atoms with Crippen LogP contribution in [0.15, 0.2) is 24.3 Å². The first-order valence-corrected chi connectivity index (χ1v) is 7.34. The molecule has 0 radical (unpaired) electrons. The zero-order valence-corrected chi connectivity index (χ0v) is 12.2. The summed E-state index contributed by atoms with van der Waals surface area (Å²) in [6, 6.07) is 7.04. The number of piperidine rings is 1. The van der Waals surface area contributed by atoms with E-state index in [1.165, 1.54) is 31.1 Å². The highest BCUT2D eigenvalue weighted by molar-refractivity contribution is 5.96. The first-order valence-electron chi connectivity index (χ1n) is 7.34. The van der Waals surface area contributed by atoms with Crippen molar-refractivity contribution in [2.45, 2.75) is 39.2 Å². The molecule has 1 atom stereocenters. The molecule has 4 heteroatoms. The van der Waals surface area contributed by atoms with Gasteiger partial charge in [-0.15, -0.1) is 0 Å². The van der Waals surface area contributed by atoms with Crippen molar-refractivity contribution < 1.29 is 14.5 Å². The van der Waals surface area contributed by atoms with Gasteiger partial charge in [0.15, 0.2) is 11.8 Å². The molecule has 1 fully saturated rings. The first-order chi connectivity index (χ1) is 9.58. The lowest BCUT2D eigenvalue weighted by Crippen LogP contribution is -3.17. The molecule has 1 aromatic carbocycles. The third-order valence-corrected chi connectivity index (χ3v) is 4.06. The molecule has 0 saturated carbocycles. The Kier molecular flexibility index (Phi) is 4.90. The minimum absolute atomic E-state index is 0.0252. The fraction of sp³-hybridized carbons (Fsp3) is 0.500. The van der Waals surface area contributed by atoms with Crippen LogP contribution in [0.3, 0.4) is 0 Å². The van der Waals surface area contributed by atoms with Crippen LogP contribution in [0.2, 0.25) is 0 Å². The number of quaternary nitrogens is 1. The Labute approximate surface area is 120 Å². The Morgan fingerprint density at radius 3 is 2.25 bits per heavy atom. The molecule has 1 heterocycles. The van der Waals surface area contributed by atoms with Crippen molar-refractivity contribution in [3.8, 4) is 0 Å². The number of Topliss-reactive ketones (excluding diaryl/α,β-unsaturated/α-hetero) is 1. The second-order valence-electron chi connectivity index (χ2n) is 5.56. The zero-order chi connectivity index (χ0) is 14.5. The molecule has 20 heavy (non-hydrogen) atoms. The molecule has 1 aromatic rings. The van der Waals surface area contributed by atoms with Gasteiger partial charge in [0, 0.05) is 11.3 Å². The van der Waals surface area contributed by atoms with Gasteiger partial charge in [-0.1, -0.05) is 0 Å². The monoisotopic (exact) mass is 275 g/mol. The van der Waals surface area contributed by atoms with Gasteiger partial charge in [-0.2, -0.15) is 0 Å². The van der Waals surface area contributed by atoms with Gasteiger partial charge < -0.3 is 10.2 Å². The van der Waals surface area contributed by atoms with E-state index in [0.29, 0.717) is 5.56 Å². The first kappa shape index (κ1) is 14.7. The molecular formula is C16H23N2O2+. The SMILES string of the molecule is CC(=O)c1ccc(NC(=O)[C@H](C)[NH+]2CCCCC2)cc1. The average Bonchev–Trinajstić information content (AvgIpc) is 2.48. The molecule has 2 N–H and O–H groups in total. The van der Waals surface area contributed by atoms with Gasteiger partial charge in [-0.05, 0) is 57.4 Å². The molecule has 1 aliphatic heterocycles. The molecule has 1 saturated heterocycles. The number of anilines is 1. The maximum atomic E-state index is 12.2. The Morgan fingerprint density at radius 2 is 1.70 bits per heavy atom. The summed E-state index contributed by atoms with van der Waals surface area (Å²) in [5, 5.41) is 2.93. The van der Waals surface area contributed by atoms with Gasteiger partial charge in [0.05, 0.1) is 13.1 Å². The number of likely N-dealkylation sites (tertiary alicyclic amines) is 1. The molecule has 4 nitrogen and oxygen atoms in total. The Bertz CT molecular complexity index is 476. The van der Waals surface area contributed by atoms with Crippen molar-refractivity contribution in [2.75, 3.05) is 18.4 Å². The topological polar surface area (TPSA) is 50.6 Å². The number of rotatable bonds is 4. The van der Waals surface area contributed by atoms with Crippen molar-refractivity contribution in [3.05, 3.63) is 29.8 Å². The summed E-state index contributed by atoms with van der Waals surface area (Å²) in [6.07, 6.45) is 3.70. The quantitative estimate of drug-likeness (QED) is 0.813. The molecule has 0 unspecified atom stereocenters. The number of carbonyl (C=O) groups excluding carboxylic acids is 2. The normalized spacial score (nSPS) is 17.5. The molecule has 0 spiro atoms. The predicted molar refractivity (Wildman–Crippen MR) is 79.1 cm³/mol. The van der Waals surface area contributed by atoms with E-state index >= 15 is 0 Å². The van der Waals surface area contributed by atoms with Crippen LogP contribution < -0.4 is 10.2 Å². The van der Waals surface area contributed by atoms with Crippen molar-refractivity contribution >= 4 is 17.4 Å². The van der Waals surface area contributed by atoms with Crippen LogP contribution in [0.1, 0.15) is 43.5 Å². The summed E-state index contributed by atoms with van der Waals surface area (Å²) in [7, 11) is 0. The van der Waals surface area contributed by atoms with E-state index in [2.05, 4.69) is 5.32 Å². The lowest BCUT2D eigenvalue weighted by Gasteiger charge is -2.28. The van der Waals surface area contributed by atoms with E-state index in [9.17, 15) is 9.59 Å².